The van der Waals surface area contributed by atoms with E-state index < -0.39 is 0 Å². The fourth-order valence-corrected chi connectivity index (χ4v) is 5.17. The second-order valence-corrected chi connectivity index (χ2v) is 8.70. The molecule has 1 aliphatic rings. The second-order valence-electron chi connectivity index (χ2n) is 7.64. The molecule has 2 aromatic carbocycles. The lowest BCUT2D eigenvalue weighted by molar-refractivity contribution is -0.131. The number of rotatable bonds is 3. The van der Waals surface area contributed by atoms with Crippen molar-refractivity contribution in [3.63, 3.8) is 0 Å². The highest BCUT2D eigenvalue weighted by molar-refractivity contribution is 7.18. The van der Waals surface area contributed by atoms with Gasteiger partial charge in [-0.3, -0.25) is 4.79 Å². The van der Waals surface area contributed by atoms with Gasteiger partial charge in [0, 0.05) is 30.0 Å². The predicted molar refractivity (Wildman–Crippen MR) is 113 cm³/mol. The third-order valence-electron chi connectivity index (χ3n) is 5.59. The van der Waals surface area contributed by atoms with Crippen molar-refractivity contribution in [2.75, 3.05) is 13.1 Å². The van der Waals surface area contributed by atoms with Gasteiger partial charge in [-0.1, -0.05) is 24.3 Å². The van der Waals surface area contributed by atoms with E-state index in [-0.39, 0.29) is 5.91 Å². The summed E-state index contributed by atoms with van der Waals surface area (Å²) >= 11 is 1.76. The maximum absolute atomic E-state index is 13.0. The first-order valence-electron chi connectivity index (χ1n) is 9.77. The Labute approximate surface area is 167 Å². The molecule has 28 heavy (non-hydrogen) atoms. The zero-order chi connectivity index (χ0) is 19.1. The number of hydrogen-bond acceptors (Lipinski definition) is 4. The Kier molecular flexibility index (Phi) is 4.40. The summed E-state index contributed by atoms with van der Waals surface area (Å²) in [5.74, 6) is 0.507. The van der Waals surface area contributed by atoms with E-state index in [0.717, 1.165) is 58.6 Å². The number of fused-ring (bicyclic) bond motifs is 2. The van der Waals surface area contributed by atoms with Crippen LogP contribution in [-0.2, 0) is 11.2 Å². The summed E-state index contributed by atoms with van der Waals surface area (Å²) in [6.45, 7) is 3.63. The molecule has 1 atom stereocenters. The van der Waals surface area contributed by atoms with Crippen molar-refractivity contribution in [1.82, 2.24) is 9.88 Å². The van der Waals surface area contributed by atoms with Crippen molar-refractivity contribution in [1.29, 1.82) is 0 Å². The highest BCUT2D eigenvalue weighted by Crippen LogP contribution is 2.33. The Hall–Kier alpha value is -2.66. The fraction of sp³-hybridized carbons (Fsp3) is 0.304. The van der Waals surface area contributed by atoms with Gasteiger partial charge < -0.3 is 9.32 Å². The molecule has 1 fully saturated rings. The molecular weight excluding hydrogens is 368 g/mol. The number of amides is 1. The summed E-state index contributed by atoms with van der Waals surface area (Å²) in [4.78, 5) is 19.8. The van der Waals surface area contributed by atoms with E-state index in [0.29, 0.717) is 12.3 Å². The van der Waals surface area contributed by atoms with Crippen molar-refractivity contribution < 1.29 is 9.21 Å². The van der Waals surface area contributed by atoms with Crippen LogP contribution in [0.5, 0.6) is 0 Å². The maximum Gasteiger partial charge on any atom is 0.227 e. The molecule has 0 saturated carbocycles. The van der Waals surface area contributed by atoms with E-state index >= 15 is 0 Å². The summed E-state index contributed by atoms with van der Waals surface area (Å²) in [6.07, 6.45) is 4.24. The summed E-state index contributed by atoms with van der Waals surface area (Å²) < 4.78 is 6.89. The second kappa shape index (κ2) is 7.06. The van der Waals surface area contributed by atoms with Crippen LogP contribution in [0, 0.1) is 6.92 Å². The summed E-state index contributed by atoms with van der Waals surface area (Å²) in [6, 6.07) is 14.4. The minimum Gasteiger partial charge on any atom is -0.464 e. The third-order valence-corrected chi connectivity index (χ3v) is 6.79. The van der Waals surface area contributed by atoms with Crippen molar-refractivity contribution in [2.45, 2.75) is 32.1 Å². The topological polar surface area (TPSA) is 46.3 Å². The molecule has 1 amide bonds. The van der Waals surface area contributed by atoms with Crippen molar-refractivity contribution in [3.05, 3.63) is 64.9 Å². The van der Waals surface area contributed by atoms with Crippen LogP contribution in [-0.4, -0.2) is 28.9 Å². The first kappa shape index (κ1) is 17.4. The van der Waals surface area contributed by atoms with E-state index in [9.17, 15) is 4.79 Å². The number of nitrogens with zero attached hydrogens (tertiary/aromatic N) is 2. The average molecular weight is 391 g/mol. The van der Waals surface area contributed by atoms with Crippen LogP contribution in [0.1, 0.15) is 34.9 Å². The number of benzene rings is 2. The number of carbonyl (C=O) groups is 1. The smallest absolute Gasteiger partial charge is 0.227 e. The number of hydrogen-bond donors (Lipinski definition) is 0. The fourth-order valence-electron chi connectivity index (χ4n) is 4.07. The molecule has 5 heteroatoms. The van der Waals surface area contributed by atoms with Crippen molar-refractivity contribution in [3.8, 4) is 0 Å². The van der Waals surface area contributed by atoms with Crippen molar-refractivity contribution in [2.24, 2.45) is 0 Å². The largest absolute Gasteiger partial charge is 0.464 e. The summed E-state index contributed by atoms with van der Waals surface area (Å²) in [7, 11) is 0. The lowest BCUT2D eigenvalue weighted by Crippen LogP contribution is -2.39. The lowest BCUT2D eigenvalue weighted by Gasteiger charge is -2.31. The van der Waals surface area contributed by atoms with E-state index in [1.165, 1.54) is 4.70 Å². The van der Waals surface area contributed by atoms with Gasteiger partial charge in [0.25, 0.3) is 0 Å². The van der Waals surface area contributed by atoms with Crippen LogP contribution in [0.25, 0.3) is 21.2 Å². The van der Waals surface area contributed by atoms with Gasteiger partial charge in [-0.05, 0) is 43.5 Å². The van der Waals surface area contributed by atoms with Gasteiger partial charge >= 0.3 is 0 Å². The van der Waals surface area contributed by atoms with E-state index in [2.05, 4.69) is 30.3 Å². The Morgan fingerprint density at radius 3 is 3.07 bits per heavy atom. The van der Waals surface area contributed by atoms with Gasteiger partial charge in [-0.2, -0.15) is 0 Å². The van der Waals surface area contributed by atoms with Gasteiger partial charge in [-0.25, -0.2) is 4.98 Å². The first-order chi connectivity index (χ1) is 13.7. The lowest BCUT2D eigenvalue weighted by atomic mass is 9.98. The molecule has 142 valence electrons. The molecule has 0 aliphatic carbocycles. The standard InChI is InChI=1S/C23H22N2O2S/c1-15-8-9-18-17(14-27-20(18)11-15)12-22(26)25-10-4-5-16(13-25)23-24-19-6-2-3-7-21(19)28-23/h2-3,6-9,11,14,16H,4-5,10,12-13H2,1H3. The quantitative estimate of drug-likeness (QED) is 0.477. The van der Waals surface area contributed by atoms with Crippen LogP contribution >= 0.6 is 11.3 Å². The minimum absolute atomic E-state index is 0.175. The average Bonchev–Trinajstić information content (AvgIpc) is 3.32. The predicted octanol–water partition coefficient (Wildman–Crippen LogP) is 5.30. The molecule has 0 bridgehead atoms. The molecular formula is C23H22N2O2S. The Morgan fingerprint density at radius 1 is 1.29 bits per heavy atom. The number of aromatic nitrogens is 1. The number of para-hydroxylation sites is 1. The van der Waals surface area contributed by atoms with Gasteiger partial charge in [0.1, 0.15) is 5.58 Å². The molecule has 1 unspecified atom stereocenters. The highest BCUT2D eigenvalue weighted by Gasteiger charge is 2.27. The zero-order valence-electron chi connectivity index (χ0n) is 15.9. The molecule has 1 saturated heterocycles. The molecule has 4 nitrogen and oxygen atoms in total. The molecule has 2 aromatic heterocycles. The normalized spacial score (nSPS) is 17.5. The molecule has 0 spiro atoms. The van der Waals surface area contributed by atoms with Crippen molar-refractivity contribution >= 4 is 38.4 Å². The molecule has 5 rings (SSSR count). The number of likely N-dealkylation sites (tertiary alicyclic amines) is 1. The van der Waals surface area contributed by atoms with Crippen LogP contribution in [0.2, 0.25) is 0 Å². The number of furan rings is 1. The molecule has 3 heterocycles. The highest BCUT2D eigenvalue weighted by atomic mass is 32.1. The van der Waals surface area contributed by atoms with Gasteiger partial charge in [0.15, 0.2) is 0 Å². The van der Waals surface area contributed by atoms with E-state index in [4.69, 9.17) is 9.40 Å². The monoisotopic (exact) mass is 390 g/mol. The van der Waals surface area contributed by atoms with E-state index in [1.54, 1.807) is 17.6 Å². The number of piperidine rings is 1. The Balaban J connectivity index is 1.33. The summed E-state index contributed by atoms with van der Waals surface area (Å²) in [5.41, 5.74) is 4.05. The zero-order valence-corrected chi connectivity index (χ0v) is 16.7. The van der Waals surface area contributed by atoms with Crippen LogP contribution in [0.3, 0.4) is 0 Å². The first-order valence-corrected chi connectivity index (χ1v) is 10.6. The Bertz CT molecular complexity index is 1130. The van der Waals surface area contributed by atoms with Gasteiger partial charge in [-0.15, -0.1) is 11.3 Å². The molecule has 4 aromatic rings. The van der Waals surface area contributed by atoms with Crippen LogP contribution in [0.15, 0.2) is 53.1 Å². The third kappa shape index (κ3) is 3.20. The number of thiazole rings is 1. The number of aryl methyl sites for hydroxylation is 1. The van der Waals surface area contributed by atoms with Gasteiger partial charge in [0.2, 0.25) is 5.91 Å². The Morgan fingerprint density at radius 2 is 2.18 bits per heavy atom. The number of carbonyl (C=O) groups excluding carboxylic acids is 1. The SMILES string of the molecule is Cc1ccc2c(CC(=O)N3CCCC(c4nc5ccccc5s4)C3)coc2c1. The maximum atomic E-state index is 13.0. The van der Waals surface area contributed by atoms with Crippen LogP contribution in [0.4, 0.5) is 0 Å². The van der Waals surface area contributed by atoms with Crippen LogP contribution < -0.4 is 0 Å². The minimum atomic E-state index is 0.175. The summed E-state index contributed by atoms with van der Waals surface area (Å²) in [5, 5.41) is 2.20. The molecule has 1 aliphatic heterocycles. The van der Waals surface area contributed by atoms with E-state index in [1.807, 2.05) is 24.0 Å². The molecule has 0 radical (unpaired) electrons. The molecule has 0 N–H and O–H groups in total. The van der Waals surface area contributed by atoms with Gasteiger partial charge in [0.05, 0.1) is 27.9 Å².